The number of nitrogens with one attached hydrogen (secondary N) is 1. The highest BCUT2D eigenvalue weighted by Crippen LogP contribution is 2.14. The van der Waals surface area contributed by atoms with Gasteiger partial charge in [0.05, 0.1) is 6.54 Å². The van der Waals surface area contributed by atoms with Crippen molar-refractivity contribution in [3.05, 3.63) is 65.9 Å². The number of hydrogen-bond acceptors (Lipinski definition) is 5. The van der Waals surface area contributed by atoms with Crippen molar-refractivity contribution in [3.8, 4) is 11.6 Å². The summed E-state index contributed by atoms with van der Waals surface area (Å²) in [6.45, 7) is 0.0794. The Morgan fingerprint density at radius 2 is 1.95 bits per heavy atom. The zero-order valence-corrected chi connectivity index (χ0v) is 11.4. The molecule has 0 spiro atoms. The Balaban J connectivity index is 1.64. The summed E-state index contributed by atoms with van der Waals surface area (Å²) in [7, 11) is 0. The second-order valence-corrected chi connectivity index (χ2v) is 4.41. The molecule has 2 aromatic heterocycles. The molecule has 1 amide bonds. The first-order valence-electron chi connectivity index (χ1n) is 6.50. The number of benzene rings is 1. The molecule has 0 fully saturated rings. The SMILES string of the molecule is O=C(NCc1nnc(-c2ccccn2)o1)c1ccc(F)cc1. The number of pyridine rings is 1. The first-order valence-corrected chi connectivity index (χ1v) is 6.50. The molecule has 2 heterocycles. The van der Waals surface area contributed by atoms with E-state index in [0.717, 1.165) is 0 Å². The molecule has 3 rings (SSSR count). The lowest BCUT2D eigenvalue weighted by molar-refractivity contribution is 0.0947. The molecule has 0 aliphatic rings. The van der Waals surface area contributed by atoms with Crippen molar-refractivity contribution in [2.24, 2.45) is 0 Å². The van der Waals surface area contributed by atoms with E-state index in [0.29, 0.717) is 11.3 Å². The minimum absolute atomic E-state index is 0.0794. The van der Waals surface area contributed by atoms with Crippen LogP contribution in [0.2, 0.25) is 0 Å². The van der Waals surface area contributed by atoms with Crippen LogP contribution in [0.25, 0.3) is 11.6 Å². The minimum Gasteiger partial charge on any atom is -0.417 e. The summed E-state index contributed by atoms with van der Waals surface area (Å²) in [5, 5.41) is 10.3. The number of rotatable bonds is 4. The van der Waals surface area contributed by atoms with E-state index in [1.54, 1.807) is 18.3 Å². The van der Waals surface area contributed by atoms with Gasteiger partial charge in [-0.1, -0.05) is 6.07 Å². The molecule has 0 aliphatic carbocycles. The van der Waals surface area contributed by atoms with Gasteiger partial charge in [0.2, 0.25) is 5.89 Å². The van der Waals surface area contributed by atoms with Crippen LogP contribution < -0.4 is 5.32 Å². The van der Waals surface area contributed by atoms with Gasteiger partial charge in [-0.05, 0) is 36.4 Å². The molecular formula is C15H11FN4O2. The number of hydrogen-bond donors (Lipinski definition) is 1. The molecule has 0 atom stereocenters. The molecule has 0 radical (unpaired) electrons. The zero-order valence-electron chi connectivity index (χ0n) is 11.4. The molecule has 0 saturated carbocycles. The van der Waals surface area contributed by atoms with Crippen LogP contribution in [-0.4, -0.2) is 21.1 Å². The van der Waals surface area contributed by atoms with Crippen molar-refractivity contribution in [3.63, 3.8) is 0 Å². The van der Waals surface area contributed by atoms with Gasteiger partial charge < -0.3 is 9.73 Å². The molecule has 6 nitrogen and oxygen atoms in total. The third kappa shape index (κ3) is 3.14. The number of amides is 1. The van der Waals surface area contributed by atoms with E-state index < -0.39 is 5.82 Å². The minimum atomic E-state index is -0.395. The summed E-state index contributed by atoms with van der Waals surface area (Å²) in [5.41, 5.74) is 0.914. The fraction of sp³-hybridized carbons (Fsp3) is 0.0667. The largest absolute Gasteiger partial charge is 0.417 e. The quantitative estimate of drug-likeness (QED) is 0.798. The number of carbonyl (C=O) groups is 1. The van der Waals surface area contributed by atoms with Crippen LogP contribution in [-0.2, 0) is 6.54 Å². The highest BCUT2D eigenvalue weighted by atomic mass is 19.1. The molecule has 0 bridgehead atoms. The van der Waals surface area contributed by atoms with Crippen LogP contribution in [0.3, 0.4) is 0 Å². The summed E-state index contributed by atoms with van der Waals surface area (Å²) in [6, 6.07) is 10.6. The van der Waals surface area contributed by atoms with Gasteiger partial charge in [-0.2, -0.15) is 0 Å². The number of carbonyl (C=O) groups excluding carboxylic acids is 1. The maximum Gasteiger partial charge on any atom is 0.266 e. The molecule has 1 N–H and O–H groups in total. The molecule has 3 aromatic rings. The van der Waals surface area contributed by atoms with E-state index >= 15 is 0 Å². The van der Waals surface area contributed by atoms with E-state index in [9.17, 15) is 9.18 Å². The van der Waals surface area contributed by atoms with Crippen molar-refractivity contribution in [1.29, 1.82) is 0 Å². The van der Waals surface area contributed by atoms with E-state index in [4.69, 9.17) is 4.42 Å². The van der Waals surface area contributed by atoms with Gasteiger partial charge in [-0.15, -0.1) is 10.2 Å². The topological polar surface area (TPSA) is 80.9 Å². The van der Waals surface area contributed by atoms with Gasteiger partial charge in [0.1, 0.15) is 11.5 Å². The summed E-state index contributed by atoms with van der Waals surface area (Å²) in [5.74, 6) is -0.200. The first kappa shape index (κ1) is 13.9. The molecule has 0 saturated heterocycles. The molecule has 110 valence electrons. The van der Waals surface area contributed by atoms with Crippen LogP contribution >= 0.6 is 0 Å². The van der Waals surface area contributed by atoms with Crippen LogP contribution in [0.15, 0.2) is 53.1 Å². The van der Waals surface area contributed by atoms with E-state index in [2.05, 4.69) is 20.5 Å². The van der Waals surface area contributed by atoms with Gasteiger partial charge in [-0.25, -0.2) is 4.39 Å². The average Bonchev–Trinajstić information content (AvgIpc) is 3.03. The Hall–Kier alpha value is -3.09. The van der Waals surface area contributed by atoms with Crippen molar-refractivity contribution >= 4 is 5.91 Å². The molecule has 0 aliphatic heterocycles. The Morgan fingerprint density at radius 3 is 2.68 bits per heavy atom. The van der Waals surface area contributed by atoms with Gasteiger partial charge in [0, 0.05) is 11.8 Å². The van der Waals surface area contributed by atoms with Crippen LogP contribution in [0.1, 0.15) is 16.2 Å². The maximum absolute atomic E-state index is 12.8. The highest BCUT2D eigenvalue weighted by Gasteiger charge is 2.11. The van der Waals surface area contributed by atoms with E-state index in [-0.39, 0.29) is 24.2 Å². The van der Waals surface area contributed by atoms with Crippen molar-refractivity contribution in [2.45, 2.75) is 6.54 Å². The smallest absolute Gasteiger partial charge is 0.266 e. The van der Waals surface area contributed by atoms with Gasteiger partial charge in [0.15, 0.2) is 0 Å². The van der Waals surface area contributed by atoms with Gasteiger partial charge in [0.25, 0.3) is 11.8 Å². The van der Waals surface area contributed by atoms with Crippen molar-refractivity contribution in [1.82, 2.24) is 20.5 Å². The lowest BCUT2D eigenvalue weighted by Crippen LogP contribution is -2.22. The van der Waals surface area contributed by atoms with Gasteiger partial charge in [-0.3, -0.25) is 9.78 Å². The molecule has 22 heavy (non-hydrogen) atoms. The monoisotopic (exact) mass is 298 g/mol. The fourth-order valence-corrected chi connectivity index (χ4v) is 1.78. The predicted molar refractivity (Wildman–Crippen MR) is 75.1 cm³/mol. The lowest BCUT2D eigenvalue weighted by Gasteiger charge is -2.02. The summed E-state index contributed by atoms with van der Waals surface area (Å²) in [6.07, 6.45) is 1.62. The third-order valence-electron chi connectivity index (χ3n) is 2.86. The normalized spacial score (nSPS) is 10.4. The Morgan fingerprint density at radius 1 is 1.14 bits per heavy atom. The number of halogens is 1. The Bertz CT molecular complexity index is 772. The average molecular weight is 298 g/mol. The molecular weight excluding hydrogens is 287 g/mol. The highest BCUT2D eigenvalue weighted by molar-refractivity contribution is 5.94. The lowest BCUT2D eigenvalue weighted by atomic mass is 10.2. The summed E-state index contributed by atoms with van der Waals surface area (Å²) in [4.78, 5) is 16.0. The molecule has 1 aromatic carbocycles. The third-order valence-corrected chi connectivity index (χ3v) is 2.86. The molecule has 7 heteroatoms. The summed E-state index contributed by atoms with van der Waals surface area (Å²) < 4.78 is 18.2. The Kier molecular flexibility index (Phi) is 3.86. The van der Waals surface area contributed by atoms with Crippen molar-refractivity contribution in [2.75, 3.05) is 0 Å². The first-order chi connectivity index (χ1) is 10.7. The summed E-state index contributed by atoms with van der Waals surface area (Å²) >= 11 is 0. The van der Waals surface area contributed by atoms with E-state index in [1.165, 1.54) is 24.3 Å². The van der Waals surface area contributed by atoms with Crippen LogP contribution in [0.5, 0.6) is 0 Å². The van der Waals surface area contributed by atoms with E-state index in [1.807, 2.05) is 6.07 Å². The maximum atomic E-state index is 12.8. The zero-order chi connectivity index (χ0) is 15.4. The molecule has 0 unspecified atom stereocenters. The Labute approximate surface area is 125 Å². The van der Waals surface area contributed by atoms with Crippen molar-refractivity contribution < 1.29 is 13.6 Å². The second kappa shape index (κ2) is 6.13. The van der Waals surface area contributed by atoms with Crippen LogP contribution in [0.4, 0.5) is 4.39 Å². The number of aromatic nitrogens is 3. The fourth-order valence-electron chi connectivity index (χ4n) is 1.78. The standard InChI is InChI=1S/C15H11FN4O2/c16-11-6-4-10(5-7-11)14(21)18-9-13-19-20-15(22-13)12-3-1-2-8-17-12/h1-8H,9H2,(H,18,21). The van der Waals surface area contributed by atoms with Crippen LogP contribution in [0, 0.1) is 5.82 Å². The second-order valence-electron chi connectivity index (χ2n) is 4.41. The number of nitrogens with zero attached hydrogens (tertiary/aromatic N) is 3. The van der Waals surface area contributed by atoms with Gasteiger partial charge >= 0.3 is 0 Å². The predicted octanol–water partition coefficient (Wildman–Crippen LogP) is 2.20.